The molecule has 0 saturated heterocycles. The molecule has 0 saturated carbocycles. The summed E-state index contributed by atoms with van der Waals surface area (Å²) in [5.74, 6) is 0. The summed E-state index contributed by atoms with van der Waals surface area (Å²) in [5.41, 5.74) is 6.84. The van der Waals surface area contributed by atoms with Gasteiger partial charge in [-0.15, -0.1) is 0 Å². The lowest BCUT2D eigenvalue weighted by molar-refractivity contribution is 0.905. The van der Waals surface area contributed by atoms with Gasteiger partial charge in [-0.25, -0.2) is 4.98 Å². The number of nitrogens with zero attached hydrogens (tertiary/aromatic N) is 2. The topological polar surface area (TPSA) is 84.7 Å². The molecule has 2 heterocycles. The standard InChI is InChI=1S/C10H9BrN4OS/c1-5-2-8(16)15-10(14-5)17-9-6(11)3-13-4-7(9)12/h2-4H,12H2,1H3,(H,14,15,16). The SMILES string of the molecule is Cc1cc(=O)[nH]c(Sc2c(N)cncc2Br)n1. The van der Waals surface area contributed by atoms with Crippen LogP contribution >= 0.6 is 27.7 Å². The van der Waals surface area contributed by atoms with Crippen LogP contribution in [0.1, 0.15) is 5.69 Å². The highest BCUT2D eigenvalue weighted by Crippen LogP contribution is 2.34. The number of hydrogen-bond acceptors (Lipinski definition) is 5. The van der Waals surface area contributed by atoms with Crippen molar-refractivity contribution in [3.63, 3.8) is 0 Å². The molecule has 2 rings (SSSR count). The Bertz CT molecular complexity index is 593. The molecule has 0 aliphatic rings. The minimum atomic E-state index is -0.177. The molecule has 0 radical (unpaired) electrons. The Morgan fingerprint density at radius 2 is 2.24 bits per heavy atom. The molecule has 3 N–H and O–H groups in total. The lowest BCUT2D eigenvalue weighted by Crippen LogP contribution is -2.08. The van der Waals surface area contributed by atoms with Crippen LogP contribution in [0.5, 0.6) is 0 Å². The van der Waals surface area contributed by atoms with Gasteiger partial charge in [-0.1, -0.05) is 0 Å². The first-order chi connectivity index (χ1) is 8.06. The van der Waals surface area contributed by atoms with Crippen LogP contribution in [0.25, 0.3) is 0 Å². The Balaban J connectivity index is 2.41. The van der Waals surface area contributed by atoms with Crippen molar-refractivity contribution in [3.8, 4) is 0 Å². The van der Waals surface area contributed by atoms with Crippen molar-refractivity contribution >= 4 is 33.4 Å². The number of hydrogen-bond donors (Lipinski definition) is 2. The molecule has 7 heteroatoms. The first kappa shape index (κ1) is 12.1. The molecular formula is C10H9BrN4OS. The minimum absolute atomic E-state index is 0.177. The van der Waals surface area contributed by atoms with Crippen molar-refractivity contribution in [3.05, 3.63) is 39.0 Å². The van der Waals surface area contributed by atoms with Crippen LogP contribution in [-0.2, 0) is 0 Å². The Hall–Kier alpha value is -1.34. The molecule has 0 aromatic carbocycles. The summed E-state index contributed by atoms with van der Waals surface area (Å²) in [6.45, 7) is 1.77. The molecule has 2 aromatic rings. The Morgan fingerprint density at radius 3 is 2.88 bits per heavy atom. The molecule has 0 unspecified atom stereocenters. The first-order valence-electron chi connectivity index (χ1n) is 4.71. The maximum Gasteiger partial charge on any atom is 0.251 e. The molecule has 0 atom stereocenters. The van der Waals surface area contributed by atoms with Crippen molar-refractivity contribution in [1.29, 1.82) is 0 Å². The van der Waals surface area contributed by atoms with E-state index in [0.717, 1.165) is 9.37 Å². The molecular weight excluding hydrogens is 304 g/mol. The largest absolute Gasteiger partial charge is 0.397 e. The smallest absolute Gasteiger partial charge is 0.251 e. The maximum absolute atomic E-state index is 11.3. The van der Waals surface area contributed by atoms with Gasteiger partial charge >= 0.3 is 0 Å². The number of nitrogens with one attached hydrogen (secondary N) is 1. The highest BCUT2D eigenvalue weighted by molar-refractivity contribution is 9.10. The fraction of sp³-hybridized carbons (Fsp3) is 0.100. The number of rotatable bonds is 2. The van der Waals surface area contributed by atoms with Gasteiger partial charge in [-0.05, 0) is 34.6 Å². The van der Waals surface area contributed by atoms with E-state index in [4.69, 9.17) is 5.73 Å². The summed E-state index contributed by atoms with van der Waals surface area (Å²) in [6, 6.07) is 1.44. The van der Waals surface area contributed by atoms with E-state index in [0.29, 0.717) is 16.5 Å². The second kappa shape index (κ2) is 4.89. The van der Waals surface area contributed by atoms with Crippen molar-refractivity contribution in [1.82, 2.24) is 15.0 Å². The molecule has 17 heavy (non-hydrogen) atoms. The van der Waals surface area contributed by atoms with Crippen molar-refractivity contribution in [2.75, 3.05) is 5.73 Å². The lowest BCUT2D eigenvalue weighted by atomic mass is 10.4. The number of halogens is 1. The minimum Gasteiger partial charge on any atom is -0.397 e. The summed E-state index contributed by atoms with van der Waals surface area (Å²) in [5, 5.41) is 0.508. The zero-order chi connectivity index (χ0) is 12.4. The van der Waals surface area contributed by atoms with Crippen molar-refractivity contribution in [2.24, 2.45) is 0 Å². The monoisotopic (exact) mass is 312 g/mol. The Labute approximate surface area is 110 Å². The molecule has 0 amide bonds. The molecule has 0 fully saturated rings. The second-order valence-electron chi connectivity index (χ2n) is 3.33. The molecule has 2 aromatic heterocycles. The van der Waals surface area contributed by atoms with Gasteiger partial charge in [0.15, 0.2) is 5.16 Å². The first-order valence-corrected chi connectivity index (χ1v) is 6.32. The zero-order valence-corrected chi connectivity index (χ0v) is 11.3. The van der Waals surface area contributed by atoms with Gasteiger partial charge in [0.2, 0.25) is 0 Å². The van der Waals surface area contributed by atoms with Crippen LogP contribution < -0.4 is 11.3 Å². The fourth-order valence-corrected chi connectivity index (χ4v) is 2.69. The Morgan fingerprint density at radius 1 is 1.47 bits per heavy atom. The number of H-pyrrole nitrogens is 1. The number of nitrogens with two attached hydrogens (primary N) is 1. The average Bonchev–Trinajstić information content (AvgIpc) is 2.22. The number of aromatic amines is 1. The Kier molecular flexibility index (Phi) is 3.49. The van der Waals surface area contributed by atoms with Gasteiger partial charge in [0, 0.05) is 18.0 Å². The van der Waals surface area contributed by atoms with Crippen LogP contribution in [0.2, 0.25) is 0 Å². The summed E-state index contributed by atoms with van der Waals surface area (Å²) >= 11 is 4.65. The normalized spacial score (nSPS) is 10.5. The summed E-state index contributed by atoms with van der Waals surface area (Å²) in [4.78, 5) is 22.9. The zero-order valence-electron chi connectivity index (χ0n) is 8.90. The fourth-order valence-electron chi connectivity index (χ4n) is 1.24. The molecule has 0 bridgehead atoms. The predicted octanol–water partition coefficient (Wildman–Crippen LogP) is 1.97. The number of aryl methyl sites for hydroxylation is 1. The summed E-state index contributed by atoms with van der Waals surface area (Å²) in [7, 11) is 0. The average molecular weight is 313 g/mol. The molecule has 0 spiro atoms. The molecule has 0 aliphatic heterocycles. The molecule has 5 nitrogen and oxygen atoms in total. The van der Waals surface area contributed by atoms with E-state index in [9.17, 15) is 4.79 Å². The highest BCUT2D eigenvalue weighted by atomic mass is 79.9. The third-order valence-corrected chi connectivity index (χ3v) is 3.84. The van der Waals surface area contributed by atoms with Crippen LogP contribution in [-0.4, -0.2) is 15.0 Å². The quantitative estimate of drug-likeness (QED) is 0.828. The van der Waals surface area contributed by atoms with E-state index in [1.165, 1.54) is 17.8 Å². The lowest BCUT2D eigenvalue weighted by Gasteiger charge is -2.06. The van der Waals surface area contributed by atoms with E-state index in [2.05, 4.69) is 30.9 Å². The van der Waals surface area contributed by atoms with E-state index in [-0.39, 0.29) is 5.56 Å². The molecule has 88 valence electrons. The summed E-state index contributed by atoms with van der Waals surface area (Å²) < 4.78 is 0.770. The van der Waals surface area contributed by atoms with Gasteiger partial charge in [-0.2, -0.15) is 0 Å². The number of nitrogen functional groups attached to an aromatic ring is 1. The number of pyridine rings is 1. The highest BCUT2D eigenvalue weighted by Gasteiger charge is 2.09. The van der Waals surface area contributed by atoms with Gasteiger partial charge in [0.05, 0.1) is 21.3 Å². The second-order valence-corrected chi connectivity index (χ2v) is 5.19. The van der Waals surface area contributed by atoms with Crippen LogP contribution in [0.4, 0.5) is 5.69 Å². The van der Waals surface area contributed by atoms with Gasteiger partial charge < -0.3 is 10.7 Å². The van der Waals surface area contributed by atoms with E-state index in [1.54, 1.807) is 19.3 Å². The number of anilines is 1. The van der Waals surface area contributed by atoms with Gasteiger partial charge in [-0.3, -0.25) is 9.78 Å². The maximum atomic E-state index is 11.3. The van der Waals surface area contributed by atoms with Gasteiger partial charge in [0.25, 0.3) is 5.56 Å². The van der Waals surface area contributed by atoms with E-state index in [1.807, 2.05) is 0 Å². The van der Waals surface area contributed by atoms with Crippen LogP contribution in [0.3, 0.4) is 0 Å². The van der Waals surface area contributed by atoms with Crippen LogP contribution in [0, 0.1) is 6.92 Å². The van der Waals surface area contributed by atoms with Crippen molar-refractivity contribution < 1.29 is 0 Å². The molecule has 0 aliphatic carbocycles. The third-order valence-electron chi connectivity index (χ3n) is 1.93. The third kappa shape index (κ3) is 2.86. The van der Waals surface area contributed by atoms with Gasteiger partial charge in [0.1, 0.15) is 0 Å². The predicted molar refractivity (Wildman–Crippen MR) is 70.1 cm³/mol. The van der Waals surface area contributed by atoms with Crippen molar-refractivity contribution in [2.45, 2.75) is 17.0 Å². The number of aromatic nitrogens is 3. The summed E-state index contributed by atoms with van der Waals surface area (Å²) in [6.07, 6.45) is 3.20. The van der Waals surface area contributed by atoms with E-state index < -0.39 is 0 Å². The van der Waals surface area contributed by atoms with Crippen LogP contribution in [0.15, 0.2) is 37.8 Å². The van der Waals surface area contributed by atoms with E-state index >= 15 is 0 Å².